The molecule has 0 bridgehead atoms. The van der Waals surface area contributed by atoms with E-state index in [2.05, 4.69) is 53.6 Å². The highest BCUT2D eigenvalue weighted by Gasteiger charge is 2.06. The third-order valence-electron chi connectivity index (χ3n) is 5.21. The van der Waals surface area contributed by atoms with Gasteiger partial charge in [0.25, 0.3) is 0 Å². The van der Waals surface area contributed by atoms with Gasteiger partial charge in [0.2, 0.25) is 23.8 Å². The zero-order valence-electron chi connectivity index (χ0n) is 19.9. The molecule has 0 amide bonds. The van der Waals surface area contributed by atoms with Crippen LogP contribution in [0.2, 0.25) is 0 Å². The lowest BCUT2D eigenvalue weighted by Gasteiger charge is -2.02. The van der Waals surface area contributed by atoms with Gasteiger partial charge in [0.05, 0.1) is 0 Å². The number of rotatable bonds is 2. The minimum atomic E-state index is 0.0792. The molecule has 0 fully saturated rings. The second-order valence-electron chi connectivity index (χ2n) is 7.98. The molecular weight excluding hydrogens is 476 g/mol. The van der Waals surface area contributed by atoms with Gasteiger partial charge in [-0.05, 0) is 72.8 Å². The second kappa shape index (κ2) is 10.3. The standard InChI is InChI=1S/C28H20N10/c29-25-33-23(34-26(30)37-25)21-13-9-19(10-14-21)7-5-17-1-2-18(4-3-17)6-8-20-11-15-22(16-12-20)24-35-27(31)38-28(32)36-24/h1-4,9-16H,(H4,29,30,33,34,37)(H4,31,32,35,36,38). The first-order valence-electron chi connectivity index (χ1n) is 11.3. The minimum absolute atomic E-state index is 0.0792. The Morgan fingerprint density at radius 2 is 0.579 bits per heavy atom. The van der Waals surface area contributed by atoms with Crippen molar-refractivity contribution in [2.75, 3.05) is 22.9 Å². The number of nitrogens with two attached hydrogens (primary N) is 4. The van der Waals surface area contributed by atoms with E-state index in [0.29, 0.717) is 11.6 Å². The molecule has 0 radical (unpaired) electrons. The molecule has 10 nitrogen and oxygen atoms in total. The van der Waals surface area contributed by atoms with Gasteiger partial charge >= 0.3 is 0 Å². The van der Waals surface area contributed by atoms with Crippen molar-refractivity contribution in [3.05, 3.63) is 95.1 Å². The second-order valence-corrected chi connectivity index (χ2v) is 7.98. The number of nitrogens with zero attached hydrogens (tertiary/aromatic N) is 6. The first kappa shape index (κ1) is 23.7. The lowest BCUT2D eigenvalue weighted by atomic mass is 10.1. The number of hydrogen-bond acceptors (Lipinski definition) is 10. The smallest absolute Gasteiger partial charge is 0.225 e. The Balaban J connectivity index is 1.24. The van der Waals surface area contributed by atoms with E-state index in [1.54, 1.807) is 0 Å². The summed E-state index contributed by atoms with van der Waals surface area (Å²) in [6, 6.07) is 22.7. The van der Waals surface area contributed by atoms with Crippen LogP contribution in [0.4, 0.5) is 23.8 Å². The summed E-state index contributed by atoms with van der Waals surface area (Å²) in [5.41, 5.74) is 27.6. The van der Waals surface area contributed by atoms with Gasteiger partial charge in [-0.3, -0.25) is 0 Å². The Labute approximate surface area is 218 Å². The molecule has 2 aromatic heterocycles. The molecule has 0 aliphatic rings. The zero-order valence-corrected chi connectivity index (χ0v) is 19.9. The predicted octanol–water partition coefficient (Wildman–Crippen LogP) is 2.52. The van der Waals surface area contributed by atoms with Gasteiger partial charge in [0.15, 0.2) is 11.6 Å². The number of hydrogen-bond donors (Lipinski definition) is 4. The number of aromatic nitrogens is 6. The van der Waals surface area contributed by atoms with Crippen molar-refractivity contribution in [2.45, 2.75) is 0 Å². The summed E-state index contributed by atoms with van der Waals surface area (Å²) in [5.74, 6) is 13.8. The van der Waals surface area contributed by atoms with Crippen molar-refractivity contribution in [1.29, 1.82) is 0 Å². The zero-order chi connectivity index (χ0) is 26.5. The molecule has 3 aromatic carbocycles. The Morgan fingerprint density at radius 3 is 0.842 bits per heavy atom. The van der Waals surface area contributed by atoms with Crippen molar-refractivity contribution in [1.82, 2.24) is 29.9 Å². The molecule has 5 aromatic rings. The number of nitrogen functional groups attached to an aromatic ring is 4. The molecule has 8 N–H and O–H groups in total. The van der Waals surface area contributed by atoms with Crippen LogP contribution in [-0.2, 0) is 0 Å². The van der Waals surface area contributed by atoms with Crippen LogP contribution in [0, 0.1) is 23.7 Å². The molecule has 0 saturated heterocycles. The van der Waals surface area contributed by atoms with Gasteiger partial charge in [0.1, 0.15) is 0 Å². The monoisotopic (exact) mass is 496 g/mol. The van der Waals surface area contributed by atoms with Crippen molar-refractivity contribution < 1.29 is 0 Å². The Bertz CT molecular complexity index is 1570. The Morgan fingerprint density at radius 1 is 0.342 bits per heavy atom. The van der Waals surface area contributed by atoms with Crippen LogP contribution >= 0.6 is 0 Å². The molecule has 38 heavy (non-hydrogen) atoms. The first-order valence-corrected chi connectivity index (χ1v) is 11.3. The molecule has 0 aliphatic heterocycles. The van der Waals surface area contributed by atoms with Crippen LogP contribution in [0.25, 0.3) is 22.8 Å². The fourth-order valence-corrected chi connectivity index (χ4v) is 3.41. The van der Waals surface area contributed by atoms with E-state index in [1.807, 2.05) is 72.8 Å². The molecule has 10 heteroatoms. The molecule has 0 atom stereocenters. The maximum absolute atomic E-state index is 5.65. The van der Waals surface area contributed by atoms with E-state index in [-0.39, 0.29) is 23.8 Å². The molecule has 0 spiro atoms. The predicted molar refractivity (Wildman–Crippen MR) is 147 cm³/mol. The van der Waals surface area contributed by atoms with Gasteiger partial charge in [-0.1, -0.05) is 23.7 Å². The summed E-state index contributed by atoms with van der Waals surface area (Å²) >= 11 is 0. The van der Waals surface area contributed by atoms with E-state index in [4.69, 9.17) is 22.9 Å². The van der Waals surface area contributed by atoms with E-state index in [1.165, 1.54) is 0 Å². The van der Waals surface area contributed by atoms with E-state index >= 15 is 0 Å². The molecule has 0 aliphatic carbocycles. The summed E-state index contributed by atoms with van der Waals surface area (Å²) in [6.07, 6.45) is 0. The largest absolute Gasteiger partial charge is 0.368 e. The lowest BCUT2D eigenvalue weighted by Crippen LogP contribution is -2.04. The van der Waals surface area contributed by atoms with Crippen molar-refractivity contribution >= 4 is 23.8 Å². The minimum Gasteiger partial charge on any atom is -0.368 e. The highest BCUT2D eigenvalue weighted by molar-refractivity contribution is 5.60. The van der Waals surface area contributed by atoms with Gasteiger partial charge in [-0.2, -0.15) is 29.9 Å². The van der Waals surface area contributed by atoms with Crippen LogP contribution in [0.3, 0.4) is 0 Å². The van der Waals surface area contributed by atoms with Gasteiger partial charge < -0.3 is 22.9 Å². The lowest BCUT2D eigenvalue weighted by molar-refractivity contribution is 1.09. The number of anilines is 4. The summed E-state index contributed by atoms with van der Waals surface area (Å²) in [6.45, 7) is 0. The van der Waals surface area contributed by atoms with Crippen LogP contribution in [-0.4, -0.2) is 29.9 Å². The SMILES string of the molecule is Nc1nc(N)nc(-c2ccc(C#Cc3ccc(C#Cc4ccc(-c5nc(N)nc(N)n5)cc4)cc3)cc2)n1. The Kier molecular flexibility index (Phi) is 6.44. The van der Waals surface area contributed by atoms with Crippen LogP contribution in [0.1, 0.15) is 22.3 Å². The summed E-state index contributed by atoms with van der Waals surface area (Å²) in [5, 5.41) is 0. The first-order chi connectivity index (χ1) is 18.4. The highest BCUT2D eigenvalue weighted by Crippen LogP contribution is 2.18. The van der Waals surface area contributed by atoms with Gasteiger partial charge in [0, 0.05) is 33.4 Å². The quantitative estimate of drug-likeness (QED) is 0.265. The van der Waals surface area contributed by atoms with Crippen molar-refractivity contribution in [2.24, 2.45) is 0 Å². The Hall–Kier alpha value is -6.00. The fraction of sp³-hybridized carbons (Fsp3) is 0. The van der Waals surface area contributed by atoms with Crippen molar-refractivity contribution in [3.8, 4) is 46.5 Å². The summed E-state index contributed by atoms with van der Waals surface area (Å²) in [4.78, 5) is 24.0. The molecule has 0 unspecified atom stereocenters. The van der Waals surface area contributed by atoms with Gasteiger partial charge in [-0.25, -0.2) is 0 Å². The van der Waals surface area contributed by atoms with Crippen LogP contribution < -0.4 is 22.9 Å². The maximum Gasteiger partial charge on any atom is 0.225 e. The van der Waals surface area contributed by atoms with E-state index < -0.39 is 0 Å². The van der Waals surface area contributed by atoms with Gasteiger partial charge in [-0.15, -0.1) is 0 Å². The van der Waals surface area contributed by atoms with E-state index in [0.717, 1.165) is 33.4 Å². The molecule has 0 saturated carbocycles. The van der Waals surface area contributed by atoms with E-state index in [9.17, 15) is 0 Å². The summed E-state index contributed by atoms with van der Waals surface area (Å²) < 4.78 is 0. The third-order valence-corrected chi connectivity index (χ3v) is 5.21. The van der Waals surface area contributed by atoms with Crippen LogP contribution in [0.5, 0.6) is 0 Å². The highest BCUT2D eigenvalue weighted by atomic mass is 15.1. The molecule has 5 rings (SSSR count). The molecule has 182 valence electrons. The average molecular weight is 497 g/mol. The molecular formula is C28H20N10. The molecule has 2 heterocycles. The summed E-state index contributed by atoms with van der Waals surface area (Å²) in [7, 11) is 0. The maximum atomic E-state index is 5.65. The third kappa shape index (κ3) is 5.79. The number of benzene rings is 3. The van der Waals surface area contributed by atoms with Crippen molar-refractivity contribution in [3.63, 3.8) is 0 Å². The topological polar surface area (TPSA) is 181 Å². The van der Waals surface area contributed by atoms with Crippen LogP contribution in [0.15, 0.2) is 72.8 Å². The average Bonchev–Trinajstić information content (AvgIpc) is 2.91. The fourth-order valence-electron chi connectivity index (χ4n) is 3.41. The normalized spacial score (nSPS) is 10.1.